The summed E-state index contributed by atoms with van der Waals surface area (Å²) >= 11 is 0. The number of rotatable bonds is 8. The molecule has 0 atom stereocenters. The van der Waals surface area contributed by atoms with Gasteiger partial charge in [-0.1, -0.05) is 188 Å². The van der Waals surface area contributed by atoms with E-state index in [4.69, 9.17) is 9.72 Å². The SMILES string of the molecule is CC(C)(C)c1cc(N2[CH-]N(c3[c-]c(Oc4[c-]c5c(c(-c6cccc(-n7c8ccccc8c8ccccc87)c6)c4)c4ccccc4n5-c4cc(C(C)(C)C)ccn4)ccc3)c3cccc(-c4ccccc4)c32)cc(C(C)(C)C)c1.[Pt]. The van der Waals surface area contributed by atoms with Gasteiger partial charge < -0.3 is 23.7 Å². The van der Waals surface area contributed by atoms with Crippen LogP contribution in [0.5, 0.6) is 11.5 Å². The number of benzene rings is 9. The van der Waals surface area contributed by atoms with Crippen molar-refractivity contribution in [3.05, 3.63) is 242 Å². The summed E-state index contributed by atoms with van der Waals surface area (Å²) in [7, 11) is 0. The maximum atomic E-state index is 7.13. The largest absolute Gasteiger partial charge is 0.509 e. The molecule has 3 aromatic heterocycles. The van der Waals surface area contributed by atoms with Crippen LogP contribution in [0.25, 0.3) is 77.4 Å². The van der Waals surface area contributed by atoms with E-state index in [0.29, 0.717) is 11.5 Å². The molecule has 0 saturated carbocycles. The van der Waals surface area contributed by atoms with E-state index in [1.165, 1.54) is 27.5 Å². The molecule has 0 aliphatic carbocycles. The van der Waals surface area contributed by atoms with E-state index in [0.717, 1.165) is 89.3 Å². The minimum Gasteiger partial charge on any atom is -0.509 e. The number of fused-ring (bicyclic) bond motifs is 7. The van der Waals surface area contributed by atoms with Gasteiger partial charge in [-0.15, -0.1) is 48.3 Å². The smallest absolute Gasteiger partial charge is 0.135 e. The zero-order chi connectivity index (χ0) is 53.7. The zero-order valence-corrected chi connectivity index (χ0v) is 48.4. The van der Waals surface area contributed by atoms with Crippen LogP contribution < -0.4 is 14.5 Å². The second kappa shape index (κ2) is 19.6. The Labute approximate surface area is 478 Å². The Morgan fingerprint density at radius 3 is 1.71 bits per heavy atom. The molecule has 0 radical (unpaired) electrons. The number of nitrogens with zero attached hydrogens (tertiary/aromatic N) is 5. The number of para-hydroxylation sites is 4. The van der Waals surface area contributed by atoms with Gasteiger partial charge in [0.2, 0.25) is 0 Å². The van der Waals surface area contributed by atoms with Crippen LogP contribution in [0.1, 0.15) is 79.0 Å². The van der Waals surface area contributed by atoms with E-state index < -0.39 is 0 Å². The third-order valence-corrected chi connectivity index (χ3v) is 15.5. The molecule has 9 aromatic carbocycles. The monoisotopic (exact) mass is 1210 g/mol. The molecule has 1 aliphatic rings. The molecule has 0 fully saturated rings. The molecule has 0 bridgehead atoms. The Hall–Kier alpha value is -8.18. The summed E-state index contributed by atoms with van der Waals surface area (Å²) in [6.45, 7) is 22.7. The van der Waals surface area contributed by atoms with Crippen molar-refractivity contribution in [2.24, 2.45) is 0 Å². The zero-order valence-electron chi connectivity index (χ0n) is 46.2. The number of pyridine rings is 1. The summed E-state index contributed by atoms with van der Waals surface area (Å²) in [6, 6.07) is 79.5. The number of hydrogen-bond acceptors (Lipinski definition) is 4. The molecule has 79 heavy (non-hydrogen) atoms. The molecular weight excluding hydrogens is 1150 g/mol. The molecule has 6 nitrogen and oxygen atoms in total. The summed E-state index contributed by atoms with van der Waals surface area (Å²) in [5.41, 5.74) is 17.4. The molecule has 7 heteroatoms. The van der Waals surface area contributed by atoms with E-state index in [1.807, 2.05) is 12.3 Å². The van der Waals surface area contributed by atoms with Gasteiger partial charge in [-0.05, 0) is 110 Å². The molecule has 1 aliphatic heterocycles. The van der Waals surface area contributed by atoms with Crippen molar-refractivity contribution < 1.29 is 25.8 Å². The van der Waals surface area contributed by atoms with Crippen molar-refractivity contribution in [2.45, 2.75) is 78.6 Å². The van der Waals surface area contributed by atoms with Crippen LogP contribution in [0.3, 0.4) is 0 Å². The van der Waals surface area contributed by atoms with Gasteiger partial charge in [-0.2, -0.15) is 6.07 Å². The Bertz CT molecular complexity index is 4210. The maximum absolute atomic E-state index is 7.13. The molecule has 0 saturated heterocycles. The van der Waals surface area contributed by atoms with Crippen molar-refractivity contribution in [1.82, 2.24) is 14.1 Å². The van der Waals surface area contributed by atoms with Crippen molar-refractivity contribution in [3.63, 3.8) is 0 Å². The first-order valence-electron chi connectivity index (χ1n) is 27.1. The summed E-state index contributed by atoms with van der Waals surface area (Å²) in [4.78, 5) is 9.67. The van der Waals surface area contributed by atoms with Crippen molar-refractivity contribution in [3.8, 4) is 45.3 Å². The number of ether oxygens (including phenoxy) is 1. The molecule has 4 heterocycles. The summed E-state index contributed by atoms with van der Waals surface area (Å²) in [5.74, 6) is 1.96. The molecule has 0 amide bonds. The Kier molecular flexibility index (Phi) is 12.8. The van der Waals surface area contributed by atoms with Gasteiger partial charge in [-0.25, -0.2) is 4.98 Å². The average molecular weight is 1210 g/mol. The van der Waals surface area contributed by atoms with Gasteiger partial charge in [0.25, 0.3) is 0 Å². The van der Waals surface area contributed by atoms with Crippen LogP contribution in [0.2, 0.25) is 0 Å². The molecule has 13 rings (SSSR count). The third-order valence-electron chi connectivity index (χ3n) is 15.5. The van der Waals surface area contributed by atoms with Crippen LogP contribution in [0.4, 0.5) is 22.7 Å². The fraction of sp³-hybridized carbons (Fsp3) is 0.167. The summed E-state index contributed by atoms with van der Waals surface area (Å²) in [5, 5.41) is 4.62. The van der Waals surface area contributed by atoms with E-state index in [-0.39, 0.29) is 37.3 Å². The summed E-state index contributed by atoms with van der Waals surface area (Å²) < 4.78 is 11.8. The van der Waals surface area contributed by atoms with Gasteiger partial charge in [-0.3, -0.25) is 0 Å². The minimum atomic E-state index is -0.0903. The van der Waals surface area contributed by atoms with Crippen molar-refractivity contribution >= 4 is 66.4 Å². The van der Waals surface area contributed by atoms with Crippen molar-refractivity contribution in [2.75, 3.05) is 9.80 Å². The van der Waals surface area contributed by atoms with Gasteiger partial charge in [0.15, 0.2) is 0 Å². The second-order valence-electron chi connectivity index (χ2n) is 23.9. The molecule has 0 unspecified atom stereocenters. The molecule has 394 valence electrons. The van der Waals surface area contributed by atoms with E-state index in [9.17, 15) is 0 Å². The molecular formula is C72H62N5OPt-3. The Balaban J connectivity index is 0.00000623. The molecule has 12 aromatic rings. The maximum Gasteiger partial charge on any atom is 0.135 e. The molecule has 0 spiro atoms. The fourth-order valence-electron chi connectivity index (χ4n) is 11.4. The average Bonchev–Trinajstić information content (AvgIpc) is 4.35. The number of hydrogen-bond donors (Lipinski definition) is 0. The predicted molar refractivity (Wildman–Crippen MR) is 326 cm³/mol. The number of anilines is 4. The van der Waals surface area contributed by atoms with Crippen LogP contribution in [0, 0.1) is 18.8 Å². The van der Waals surface area contributed by atoms with Crippen LogP contribution >= 0.6 is 0 Å². The second-order valence-corrected chi connectivity index (χ2v) is 23.9. The minimum absolute atomic E-state index is 0. The first-order chi connectivity index (χ1) is 37.6. The van der Waals surface area contributed by atoms with Gasteiger partial charge in [0, 0.05) is 83.4 Å². The first-order valence-corrected chi connectivity index (χ1v) is 27.1. The third kappa shape index (κ3) is 9.20. The van der Waals surface area contributed by atoms with E-state index in [2.05, 4.69) is 294 Å². The Morgan fingerprint density at radius 1 is 0.443 bits per heavy atom. The summed E-state index contributed by atoms with van der Waals surface area (Å²) in [6.07, 6.45) is 1.93. The topological polar surface area (TPSA) is 38.5 Å². The van der Waals surface area contributed by atoms with Gasteiger partial charge >= 0.3 is 0 Å². The van der Waals surface area contributed by atoms with Crippen LogP contribution in [-0.4, -0.2) is 14.1 Å². The first kappa shape index (κ1) is 51.6. The predicted octanol–water partition coefficient (Wildman–Crippen LogP) is 19.3. The standard InChI is InChI=1S/C72H62N5O.Pt/c1-70(2,3)49-36-37-73-67(42-49)77-64-34-18-15-30-60(64)68-61(48-24-19-26-53(38-48)76-62-32-16-13-28-58(62)59-29-14-17-33-63(59)76)44-56(45-66(68)77)78-55-27-20-25-52(43-55)74-46-75(54-40-50(71(4,5)6)39-51(41-54)72(7,8)9)69-57(31-21-35-65(69)74)47-22-11-10-12-23-47;/h10-42,44,46H,1-9H3;/q-3;. The van der Waals surface area contributed by atoms with E-state index >= 15 is 0 Å². The molecule has 0 N–H and O–H groups in total. The normalized spacial score (nSPS) is 12.9. The van der Waals surface area contributed by atoms with Gasteiger partial charge in [0.1, 0.15) is 5.82 Å². The van der Waals surface area contributed by atoms with Gasteiger partial charge in [0.05, 0.1) is 11.0 Å². The Morgan fingerprint density at radius 2 is 1.04 bits per heavy atom. The van der Waals surface area contributed by atoms with Crippen LogP contribution in [-0.2, 0) is 37.3 Å². The van der Waals surface area contributed by atoms with Crippen molar-refractivity contribution in [1.29, 1.82) is 0 Å². The van der Waals surface area contributed by atoms with Crippen LogP contribution in [0.15, 0.2) is 206 Å². The fourth-order valence-corrected chi connectivity index (χ4v) is 11.4. The van der Waals surface area contributed by atoms with E-state index in [1.54, 1.807) is 0 Å². The quantitative estimate of drug-likeness (QED) is 0.142. The number of aromatic nitrogens is 3.